The van der Waals surface area contributed by atoms with E-state index in [1.54, 1.807) is 0 Å². The van der Waals surface area contributed by atoms with E-state index < -0.39 is 5.54 Å². The number of urea groups is 1. The number of nitrogens with one attached hydrogen (secondary N) is 1. The number of carbonyl (C=O) groups is 2. The van der Waals surface area contributed by atoms with Crippen LogP contribution >= 0.6 is 0 Å². The van der Waals surface area contributed by atoms with Crippen LogP contribution in [-0.4, -0.2) is 41.0 Å². The average Bonchev–Trinajstić information content (AvgIpc) is 2.77. The van der Waals surface area contributed by atoms with Gasteiger partial charge in [-0.15, -0.1) is 0 Å². The molecule has 1 aromatic rings. The summed E-state index contributed by atoms with van der Waals surface area (Å²) < 4.78 is 0. The molecule has 3 amide bonds. The summed E-state index contributed by atoms with van der Waals surface area (Å²) in [5.41, 5.74) is 1.76. The first kappa shape index (κ1) is 17.0. The van der Waals surface area contributed by atoms with Crippen molar-refractivity contribution in [3.05, 3.63) is 35.4 Å². The summed E-state index contributed by atoms with van der Waals surface area (Å²) >= 11 is 0. The van der Waals surface area contributed by atoms with Gasteiger partial charge in [-0.3, -0.25) is 9.69 Å². The molecule has 1 aliphatic carbocycles. The van der Waals surface area contributed by atoms with Crippen molar-refractivity contribution in [1.82, 2.24) is 15.1 Å². The summed E-state index contributed by atoms with van der Waals surface area (Å²) in [5, 5.41) is 2.98. The van der Waals surface area contributed by atoms with Gasteiger partial charge in [-0.25, -0.2) is 9.69 Å². The number of rotatable bonds is 4. The third-order valence-corrected chi connectivity index (χ3v) is 5.33. The Bertz CT molecular complexity index is 618. The number of aryl methyl sites for hydroxylation is 1. The van der Waals surface area contributed by atoms with Crippen LogP contribution in [0.4, 0.5) is 4.79 Å². The van der Waals surface area contributed by atoms with Crippen LogP contribution in [0.3, 0.4) is 0 Å². The number of nitrogens with zero attached hydrogens (tertiary/aromatic N) is 2. The Balaban J connectivity index is 1.63. The topological polar surface area (TPSA) is 52.6 Å². The van der Waals surface area contributed by atoms with E-state index in [1.807, 2.05) is 11.9 Å². The molecule has 1 aliphatic heterocycles. The molecule has 5 nitrogen and oxygen atoms in total. The van der Waals surface area contributed by atoms with Gasteiger partial charge in [0.05, 0.1) is 6.67 Å². The zero-order chi connectivity index (χ0) is 17.3. The molecule has 2 aliphatic rings. The minimum absolute atomic E-state index is 0.0462. The highest BCUT2D eigenvalue weighted by molar-refractivity contribution is 6.07. The molecule has 0 aromatic heterocycles. The van der Waals surface area contributed by atoms with Gasteiger partial charge in [0.15, 0.2) is 0 Å². The quantitative estimate of drug-likeness (QED) is 0.864. The average molecular weight is 329 g/mol. The van der Waals surface area contributed by atoms with Gasteiger partial charge in [-0.2, -0.15) is 0 Å². The Morgan fingerprint density at radius 1 is 1.21 bits per heavy atom. The van der Waals surface area contributed by atoms with Crippen molar-refractivity contribution < 1.29 is 9.59 Å². The molecule has 2 fully saturated rings. The molecule has 0 radical (unpaired) electrons. The SMILES string of the molecule is Cc1ccc(CN(C)CN2C(=O)NC3(CCC(C)CC3)C2=O)cc1. The lowest BCUT2D eigenvalue weighted by molar-refractivity contribution is -0.134. The molecule has 0 unspecified atom stereocenters. The summed E-state index contributed by atoms with van der Waals surface area (Å²) in [6, 6.07) is 8.08. The number of benzene rings is 1. The Hall–Kier alpha value is -1.88. The Morgan fingerprint density at radius 2 is 1.83 bits per heavy atom. The smallest absolute Gasteiger partial charge is 0.323 e. The lowest BCUT2D eigenvalue weighted by Gasteiger charge is -2.33. The summed E-state index contributed by atoms with van der Waals surface area (Å²) in [6.07, 6.45) is 3.52. The van der Waals surface area contributed by atoms with Gasteiger partial charge in [0, 0.05) is 6.54 Å². The first-order chi connectivity index (χ1) is 11.4. The predicted molar refractivity (Wildman–Crippen MR) is 93.3 cm³/mol. The van der Waals surface area contributed by atoms with E-state index in [4.69, 9.17) is 0 Å². The maximum atomic E-state index is 12.8. The van der Waals surface area contributed by atoms with Gasteiger partial charge < -0.3 is 5.32 Å². The van der Waals surface area contributed by atoms with E-state index in [0.717, 1.165) is 25.7 Å². The van der Waals surface area contributed by atoms with Crippen LogP contribution in [-0.2, 0) is 11.3 Å². The van der Waals surface area contributed by atoms with E-state index in [9.17, 15) is 9.59 Å². The van der Waals surface area contributed by atoms with Crippen LogP contribution in [0.2, 0.25) is 0 Å². The van der Waals surface area contributed by atoms with Crippen LogP contribution in [0.5, 0.6) is 0 Å². The molecule has 1 saturated heterocycles. The molecular weight excluding hydrogens is 302 g/mol. The second-order valence-corrected chi connectivity index (χ2v) is 7.57. The normalized spacial score (nSPS) is 27.2. The number of hydrogen-bond acceptors (Lipinski definition) is 3. The van der Waals surface area contributed by atoms with Crippen molar-refractivity contribution in [2.75, 3.05) is 13.7 Å². The standard InChI is InChI=1S/C19H27N3O2/c1-14-4-6-16(7-5-14)12-21(3)13-22-17(23)19(20-18(22)24)10-8-15(2)9-11-19/h4-7,15H,8-13H2,1-3H3,(H,20,24). The van der Waals surface area contributed by atoms with Crippen LogP contribution in [0.25, 0.3) is 0 Å². The van der Waals surface area contributed by atoms with Gasteiger partial charge in [0.1, 0.15) is 5.54 Å². The molecule has 3 rings (SSSR count). The van der Waals surface area contributed by atoms with Crippen LogP contribution < -0.4 is 5.32 Å². The van der Waals surface area contributed by atoms with Crippen molar-refractivity contribution in [2.24, 2.45) is 5.92 Å². The molecule has 1 saturated carbocycles. The molecule has 1 aromatic carbocycles. The van der Waals surface area contributed by atoms with Crippen LogP contribution in [0, 0.1) is 12.8 Å². The van der Waals surface area contributed by atoms with E-state index in [-0.39, 0.29) is 11.9 Å². The first-order valence-electron chi connectivity index (χ1n) is 8.78. The van der Waals surface area contributed by atoms with E-state index in [1.165, 1.54) is 16.0 Å². The summed E-state index contributed by atoms with van der Waals surface area (Å²) in [6.45, 7) is 5.31. The van der Waals surface area contributed by atoms with Crippen molar-refractivity contribution in [3.63, 3.8) is 0 Å². The highest BCUT2D eigenvalue weighted by atomic mass is 16.2. The first-order valence-corrected chi connectivity index (χ1v) is 8.78. The fraction of sp³-hybridized carbons (Fsp3) is 0.579. The highest BCUT2D eigenvalue weighted by Gasteiger charge is 2.52. The van der Waals surface area contributed by atoms with Crippen LogP contribution in [0.1, 0.15) is 43.7 Å². The molecular formula is C19H27N3O2. The number of amides is 3. The molecule has 1 N–H and O–H groups in total. The van der Waals surface area contributed by atoms with E-state index in [2.05, 4.69) is 43.4 Å². The number of imide groups is 1. The van der Waals surface area contributed by atoms with Crippen molar-refractivity contribution >= 4 is 11.9 Å². The van der Waals surface area contributed by atoms with Gasteiger partial charge in [-0.05, 0) is 51.1 Å². The number of hydrogen-bond donors (Lipinski definition) is 1. The molecule has 130 valence electrons. The van der Waals surface area contributed by atoms with Gasteiger partial charge in [0.25, 0.3) is 5.91 Å². The molecule has 1 spiro atoms. The van der Waals surface area contributed by atoms with Gasteiger partial charge in [0.2, 0.25) is 0 Å². The second kappa shape index (κ2) is 6.55. The third kappa shape index (κ3) is 3.31. The zero-order valence-electron chi connectivity index (χ0n) is 14.8. The van der Waals surface area contributed by atoms with Gasteiger partial charge >= 0.3 is 6.03 Å². The highest BCUT2D eigenvalue weighted by Crippen LogP contribution is 2.36. The minimum atomic E-state index is -0.645. The molecule has 5 heteroatoms. The van der Waals surface area contributed by atoms with Crippen molar-refractivity contribution in [1.29, 1.82) is 0 Å². The van der Waals surface area contributed by atoms with Gasteiger partial charge in [-0.1, -0.05) is 36.8 Å². The largest absolute Gasteiger partial charge is 0.326 e. The Morgan fingerprint density at radius 3 is 2.46 bits per heavy atom. The monoisotopic (exact) mass is 329 g/mol. The van der Waals surface area contributed by atoms with Crippen molar-refractivity contribution in [2.45, 2.75) is 51.6 Å². The minimum Gasteiger partial charge on any atom is -0.323 e. The number of carbonyl (C=O) groups excluding carboxylic acids is 2. The second-order valence-electron chi connectivity index (χ2n) is 7.57. The molecule has 24 heavy (non-hydrogen) atoms. The maximum Gasteiger partial charge on any atom is 0.326 e. The predicted octanol–water partition coefficient (Wildman–Crippen LogP) is 2.89. The molecule has 1 heterocycles. The van der Waals surface area contributed by atoms with E-state index in [0.29, 0.717) is 19.1 Å². The summed E-state index contributed by atoms with van der Waals surface area (Å²) in [5.74, 6) is 0.591. The lowest BCUT2D eigenvalue weighted by atomic mass is 9.77. The Labute approximate surface area is 144 Å². The third-order valence-electron chi connectivity index (χ3n) is 5.33. The zero-order valence-corrected chi connectivity index (χ0v) is 14.8. The summed E-state index contributed by atoms with van der Waals surface area (Å²) in [4.78, 5) is 28.6. The lowest BCUT2D eigenvalue weighted by Crippen LogP contribution is -2.49. The van der Waals surface area contributed by atoms with E-state index >= 15 is 0 Å². The van der Waals surface area contributed by atoms with Crippen LogP contribution in [0.15, 0.2) is 24.3 Å². The van der Waals surface area contributed by atoms with Crippen molar-refractivity contribution in [3.8, 4) is 0 Å². The fourth-order valence-corrected chi connectivity index (χ4v) is 3.70. The maximum absolute atomic E-state index is 12.8. The fourth-order valence-electron chi connectivity index (χ4n) is 3.70. The molecule has 0 bridgehead atoms. The molecule has 0 atom stereocenters. The summed E-state index contributed by atoms with van der Waals surface area (Å²) in [7, 11) is 1.94. The Kier molecular flexibility index (Phi) is 4.63.